The van der Waals surface area contributed by atoms with Crippen LogP contribution in [0.2, 0.25) is 0 Å². The highest BCUT2D eigenvalue weighted by molar-refractivity contribution is 5.59. The predicted octanol–water partition coefficient (Wildman–Crippen LogP) is 6.32. The number of pyridine rings is 1. The number of aromatic nitrogens is 1. The van der Waals surface area contributed by atoms with Crippen molar-refractivity contribution in [2.24, 2.45) is 0 Å². The summed E-state index contributed by atoms with van der Waals surface area (Å²) < 4.78 is 29.6. The summed E-state index contributed by atoms with van der Waals surface area (Å²) in [4.78, 5) is 14.6. The van der Waals surface area contributed by atoms with Crippen LogP contribution in [0.4, 0.5) is 8.78 Å². The normalized spacial score (nSPS) is 10.0. The van der Waals surface area contributed by atoms with Gasteiger partial charge in [-0.1, -0.05) is 61.9 Å². The molecule has 2 aromatic carbocycles. The molecule has 0 aliphatic rings. The van der Waals surface area contributed by atoms with Crippen molar-refractivity contribution in [3.05, 3.63) is 83.6 Å². The molecule has 0 bridgehead atoms. The molecule has 0 saturated carbocycles. The number of rotatable bonds is 6. The molecule has 1 amide bonds. The number of alkyl halides is 2. The van der Waals surface area contributed by atoms with E-state index in [1.807, 2.05) is 39.0 Å². The maximum absolute atomic E-state index is 12.6. The van der Waals surface area contributed by atoms with Crippen molar-refractivity contribution in [2.45, 2.75) is 47.3 Å². The summed E-state index contributed by atoms with van der Waals surface area (Å²) in [6.45, 7) is 8.94. The third-order valence-corrected chi connectivity index (χ3v) is 3.84. The van der Waals surface area contributed by atoms with Gasteiger partial charge in [-0.3, -0.25) is 9.78 Å². The van der Waals surface area contributed by atoms with Crippen LogP contribution in [0.1, 0.15) is 37.6 Å². The fourth-order valence-corrected chi connectivity index (χ4v) is 2.60. The molecule has 31 heavy (non-hydrogen) atoms. The fraction of sp³-hybridized carbons (Fsp3) is 0.280. The number of para-hydroxylation sites is 1. The van der Waals surface area contributed by atoms with Gasteiger partial charge in [0.25, 0.3) is 0 Å². The zero-order valence-corrected chi connectivity index (χ0v) is 18.7. The quantitative estimate of drug-likeness (QED) is 0.468. The largest absolute Gasteiger partial charge is 0.432 e. The molecule has 3 rings (SSSR count). The minimum absolute atomic E-state index is 0.0688. The highest BCUT2D eigenvalue weighted by Gasteiger charge is 2.24. The lowest BCUT2D eigenvalue weighted by Crippen LogP contribution is -2.21. The molecular weight excluding hydrogens is 398 g/mol. The molecule has 0 spiro atoms. The number of ether oxygens (including phenoxy) is 1. The minimum Gasteiger partial charge on any atom is -0.432 e. The molecule has 0 aliphatic carbocycles. The summed E-state index contributed by atoms with van der Waals surface area (Å²) in [5.41, 5.74) is 5.07. The molecule has 0 atom stereocenters. The highest BCUT2D eigenvalue weighted by Crippen LogP contribution is 2.24. The Balaban J connectivity index is 0.000000287. The molecule has 166 valence electrons. The van der Waals surface area contributed by atoms with Gasteiger partial charge in [0, 0.05) is 30.3 Å². The molecule has 1 heterocycles. The van der Waals surface area contributed by atoms with Crippen molar-refractivity contribution in [1.82, 2.24) is 10.3 Å². The first-order valence-corrected chi connectivity index (χ1v) is 10.1. The molecule has 0 fully saturated rings. The van der Waals surface area contributed by atoms with Crippen molar-refractivity contribution >= 4 is 6.41 Å². The van der Waals surface area contributed by atoms with E-state index in [0.717, 1.165) is 11.4 Å². The monoisotopic (exact) mass is 428 g/mol. The Bertz CT molecular complexity index is 897. The predicted molar refractivity (Wildman–Crippen MR) is 121 cm³/mol. The van der Waals surface area contributed by atoms with Crippen LogP contribution in [0.15, 0.2) is 66.7 Å². The van der Waals surface area contributed by atoms with Gasteiger partial charge in [-0.15, -0.1) is 0 Å². The van der Waals surface area contributed by atoms with Crippen LogP contribution in [0, 0.1) is 13.8 Å². The topological polar surface area (TPSA) is 51.2 Å². The van der Waals surface area contributed by atoms with E-state index in [0.29, 0.717) is 18.9 Å². The van der Waals surface area contributed by atoms with Gasteiger partial charge in [0.15, 0.2) is 0 Å². The zero-order valence-electron chi connectivity index (χ0n) is 18.7. The van der Waals surface area contributed by atoms with E-state index < -0.39 is 6.11 Å². The lowest BCUT2D eigenvalue weighted by molar-refractivity contribution is -0.159. The number of aryl methyl sites for hydroxylation is 2. The second kappa shape index (κ2) is 13.1. The van der Waals surface area contributed by atoms with Gasteiger partial charge >= 0.3 is 6.11 Å². The maximum atomic E-state index is 12.6. The Morgan fingerprint density at radius 1 is 1.00 bits per heavy atom. The van der Waals surface area contributed by atoms with Crippen LogP contribution < -0.4 is 10.1 Å². The second-order valence-corrected chi connectivity index (χ2v) is 6.55. The Kier molecular flexibility index (Phi) is 10.9. The first kappa shape index (κ1) is 25.8. The van der Waals surface area contributed by atoms with E-state index >= 15 is 0 Å². The molecule has 3 aromatic rings. The highest BCUT2D eigenvalue weighted by atomic mass is 19.3. The lowest BCUT2D eigenvalue weighted by atomic mass is 10.1. The van der Waals surface area contributed by atoms with E-state index in [1.165, 1.54) is 17.2 Å². The first-order valence-electron chi connectivity index (χ1n) is 10.1. The SMILES string of the molecule is CC.CC(F)(F)Oc1ccccc1CNC=O.Cc1cccc(-c2cccc(C)n2)c1. The summed E-state index contributed by atoms with van der Waals surface area (Å²) in [7, 11) is 0. The standard InChI is InChI=1S/C13H13N.C10H11F2NO2.C2H6/c1-10-5-3-7-12(9-10)13-8-4-6-11(2)14-13;1-10(11,12)15-9-5-3-2-4-8(9)6-13-7-14;1-2/h3-9H,1-2H3;2-5,7H,6H2,1H3,(H,13,14);1-2H3. The van der Waals surface area contributed by atoms with Gasteiger partial charge < -0.3 is 10.1 Å². The van der Waals surface area contributed by atoms with E-state index in [-0.39, 0.29) is 12.3 Å². The van der Waals surface area contributed by atoms with Gasteiger partial charge in [0.1, 0.15) is 5.75 Å². The fourth-order valence-electron chi connectivity index (χ4n) is 2.60. The molecule has 1 N–H and O–H groups in total. The molecule has 1 aromatic heterocycles. The third kappa shape index (κ3) is 9.85. The van der Waals surface area contributed by atoms with Crippen molar-refractivity contribution < 1.29 is 18.3 Å². The van der Waals surface area contributed by atoms with E-state index in [1.54, 1.807) is 18.2 Å². The smallest absolute Gasteiger partial charge is 0.394 e. The van der Waals surface area contributed by atoms with Crippen LogP contribution in [0.25, 0.3) is 11.3 Å². The Labute approximate surface area is 183 Å². The average Bonchev–Trinajstić information content (AvgIpc) is 2.74. The van der Waals surface area contributed by atoms with Crippen LogP contribution >= 0.6 is 0 Å². The Morgan fingerprint density at radius 2 is 1.68 bits per heavy atom. The number of amides is 1. The number of carbonyl (C=O) groups excluding carboxylic acids is 1. The molecule has 4 nitrogen and oxygen atoms in total. The van der Waals surface area contributed by atoms with Gasteiger partial charge in [-0.2, -0.15) is 8.78 Å². The minimum atomic E-state index is -3.22. The van der Waals surface area contributed by atoms with Gasteiger partial charge in [-0.25, -0.2) is 0 Å². The number of carbonyl (C=O) groups is 1. The molecule has 6 heteroatoms. The second-order valence-electron chi connectivity index (χ2n) is 6.55. The maximum Gasteiger partial charge on any atom is 0.394 e. The number of nitrogens with zero attached hydrogens (tertiary/aromatic N) is 1. The Hall–Kier alpha value is -3.28. The van der Waals surface area contributed by atoms with E-state index in [2.05, 4.69) is 46.2 Å². The van der Waals surface area contributed by atoms with Crippen LogP contribution in [0.5, 0.6) is 5.75 Å². The summed E-state index contributed by atoms with van der Waals surface area (Å²) in [5.74, 6) is 0.0688. The van der Waals surface area contributed by atoms with Crippen LogP contribution in [-0.4, -0.2) is 17.5 Å². The lowest BCUT2D eigenvalue weighted by Gasteiger charge is -2.15. The molecule has 0 radical (unpaired) electrons. The van der Waals surface area contributed by atoms with E-state index in [4.69, 9.17) is 0 Å². The first-order chi connectivity index (χ1) is 14.8. The number of hydrogen-bond acceptors (Lipinski definition) is 3. The van der Waals surface area contributed by atoms with Crippen LogP contribution in [0.3, 0.4) is 0 Å². The zero-order chi connectivity index (χ0) is 23.3. The van der Waals surface area contributed by atoms with Gasteiger partial charge in [0.05, 0.1) is 5.69 Å². The van der Waals surface area contributed by atoms with Crippen molar-refractivity contribution in [2.75, 3.05) is 0 Å². The summed E-state index contributed by atoms with van der Waals surface area (Å²) in [6.07, 6.45) is -2.72. The Morgan fingerprint density at radius 3 is 2.29 bits per heavy atom. The number of benzene rings is 2. The van der Waals surface area contributed by atoms with Crippen molar-refractivity contribution in [1.29, 1.82) is 0 Å². The third-order valence-electron chi connectivity index (χ3n) is 3.84. The molecule has 0 saturated heterocycles. The number of nitrogens with one attached hydrogen (secondary N) is 1. The number of halogens is 2. The molecule has 0 unspecified atom stereocenters. The molecule has 0 aliphatic heterocycles. The van der Waals surface area contributed by atoms with Crippen LogP contribution in [-0.2, 0) is 11.3 Å². The summed E-state index contributed by atoms with van der Waals surface area (Å²) in [6, 6.07) is 20.8. The molecular formula is C25H30F2N2O2. The van der Waals surface area contributed by atoms with Crippen molar-refractivity contribution in [3.63, 3.8) is 0 Å². The van der Waals surface area contributed by atoms with E-state index in [9.17, 15) is 13.6 Å². The average molecular weight is 429 g/mol. The van der Waals surface area contributed by atoms with Gasteiger partial charge in [-0.05, 0) is 38.1 Å². The number of hydrogen-bond donors (Lipinski definition) is 1. The van der Waals surface area contributed by atoms with Gasteiger partial charge in [0.2, 0.25) is 6.41 Å². The summed E-state index contributed by atoms with van der Waals surface area (Å²) >= 11 is 0. The summed E-state index contributed by atoms with van der Waals surface area (Å²) in [5, 5.41) is 2.39. The van der Waals surface area contributed by atoms with Crippen molar-refractivity contribution in [3.8, 4) is 17.0 Å².